The number of sulfone groups is 1. The molecule has 1 aliphatic heterocycles. The molecule has 0 unspecified atom stereocenters. The molecule has 0 bridgehead atoms. The summed E-state index contributed by atoms with van der Waals surface area (Å²) < 4.78 is 23.3. The van der Waals surface area contributed by atoms with Gasteiger partial charge in [-0.05, 0) is 12.1 Å². The Kier molecular flexibility index (Phi) is 2.33. The van der Waals surface area contributed by atoms with Gasteiger partial charge in [-0.1, -0.05) is 41.9 Å². The minimum Gasteiger partial charge on any atom is -0.289 e. The summed E-state index contributed by atoms with van der Waals surface area (Å²) >= 11 is 5.78. The summed E-state index contributed by atoms with van der Waals surface area (Å²) in [5.41, 5.74) is 0.657. The molecule has 0 aromatic heterocycles. The summed E-state index contributed by atoms with van der Waals surface area (Å²) in [7, 11) is -3.44. The maximum atomic E-state index is 12.2. The standard InChI is InChI=1S/C13H7ClO3S/c14-10-7-6-9(12-13(10)18(12,16)17)11(15)8-4-2-1-3-5-8/h1-7H. The molecular weight excluding hydrogens is 272 g/mol. The average Bonchev–Trinajstić information content (AvgIpc) is 2.95. The number of benzene rings is 2. The molecular formula is C13H7ClO3S. The summed E-state index contributed by atoms with van der Waals surface area (Å²) in [4.78, 5) is 12.4. The van der Waals surface area contributed by atoms with E-state index in [-0.39, 0.29) is 26.2 Å². The number of ketones is 1. The van der Waals surface area contributed by atoms with E-state index in [1.807, 2.05) is 0 Å². The molecule has 1 heterocycles. The minimum absolute atomic E-state index is 0.0730. The first-order chi connectivity index (χ1) is 8.53. The van der Waals surface area contributed by atoms with E-state index in [2.05, 4.69) is 0 Å². The van der Waals surface area contributed by atoms with E-state index in [9.17, 15) is 13.2 Å². The monoisotopic (exact) mass is 278 g/mol. The highest BCUT2D eigenvalue weighted by molar-refractivity contribution is 7.97. The fourth-order valence-corrected chi connectivity index (χ4v) is 4.03. The molecule has 0 spiro atoms. The van der Waals surface area contributed by atoms with Gasteiger partial charge in [-0.3, -0.25) is 4.79 Å². The topological polar surface area (TPSA) is 51.2 Å². The lowest BCUT2D eigenvalue weighted by Gasteiger charge is -1.99. The Balaban J connectivity index is 2.16. The van der Waals surface area contributed by atoms with Crippen molar-refractivity contribution < 1.29 is 13.2 Å². The van der Waals surface area contributed by atoms with Crippen molar-refractivity contribution in [1.82, 2.24) is 0 Å². The highest BCUT2D eigenvalue weighted by atomic mass is 35.5. The molecule has 2 aromatic carbocycles. The molecule has 0 aliphatic carbocycles. The second kappa shape index (κ2) is 3.67. The largest absolute Gasteiger partial charge is 0.289 e. The average molecular weight is 279 g/mol. The molecule has 0 amide bonds. The summed E-state index contributed by atoms with van der Waals surface area (Å²) in [6, 6.07) is 11.5. The van der Waals surface area contributed by atoms with Gasteiger partial charge in [-0.25, -0.2) is 8.42 Å². The van der Waals surface area contributed by atoms with Gasteiger partial charge in [-0.2, -0.15) is 0 Å². The van der Waals surface area contributed by atoms with Crippen LogP contribution in [0.15, 0.2) is 52.3 Å². The van der Waals surface area contributed by atoms with Gasteiger partial charge in [0.05, 0.1) is 5.02 Å². The Morgan fingerprint density at radius 1 is 0.944 bits per heavy atom. The van der Waals surface area contributed by atoms with Crippen molar-refractivity contribution in [3.8, 4) is 0 Å². The molecule has 1 aliphatic rings. The van der Waals surface area contributed by atoms with E-state index < -0.39 is 9.84 Å². The molecule has 90 valence electrons. The van der Waals surface area contributed by atoms with Crippen molar-refractivity contribution in [2.75, 3.05) is 0 Å². The van der Waals surface area contributed by atoms with Crippen LogP contribution in [-0.2, 0) is 9.84 Å². The number of rotatable bonds is 2. The smallest absolute Gasteiger partial charge is 0.211 e. The molecule has 5 heteroatoms. The van der Waals surface area contributed by atoms with Gasteiger partial charge in [0.2, 0.25) is 9.84 Å². The summed E-state index contributed by atoms with van der Waals surface area (Å²) in [6.07, 6.45) is 0. The normalized spacial score (nSPS) is 14.9. The first kappa shape index (κ1) is 11.4. The first-order valence-electron chi connectivity index (χ1n) is 5.21. The number of halogens is 1. The van der Waals surface area contributed by atoms with Crippen molar-refractivity contribution in [3.63, 3.8) is 0 Å². The second-order valence-electron chi connectivity index (χ2n) is 3.95. The molecule has 0 fully saturated rings. The summed E-state index contributed by atoms with van der Waals surface area (Å²) in [6.45, 7) is 0. The quantitative estimate of drug-likeness (QED) is 0.535. The van der Waals surface area contributed by atoms with Crippen LogP contribution in [0.3, 0.4) is 0 Å². The van der Waals surface area contributed by atoms with Gasteiger partial charge in [0.15, 0.2) is 5.78 Å². The van der Waals surface area contributed by atoms with E-state index in [1.54, 1.807) is 30.3 Å². The van der Waals surface area contributed by atoms with Gasteiger partial charge in [0.1, 0.15) is 9.79 Å². The van der Waals surface area contributed by atoms with Gasteiger partial charge >= 0.3 is 0 Å². The van der Waals surface area contributed by atoms with Crippen LogP contribution in [0.25, 0.3) is 0 Å². The highest BCUT2D eigenvalue weighted by Gasteiger charge is 2.46. The van der Waals surface area contributed by atoms with Crippen molar-refractivity contribution in [1.29, 1.82) is 0 Å². The SMILES string of the molecule is O=C(c1ccccc1)c1ccc(Cl)c2c1S2(=O)=O. The molecule has 0 radical (unpaired) electrons. The highest BCUT2D eigenvalue weighted by Crippen LogP contribution is 2.48. The third-order valence-corrected chi connectivity index (χ3v) is 4.99. The number of hydrogen-bond acceptors (Lipinski definition) is 3. The van der Waals surface area contributed by atoms with Crippen LogP contribution in [0.5, 0.6) is 0 Å². The lowest BCUT2D eigenvalue weighted by atomic mass is 10.0. The third-order valence-electron chi connectivity index (χ3n) is 2.84. The zero-order valence-electron chi connectivity index (χ0n) is 9.05. The second-order valence-corrected chi connectivity index (χ2v) is 6.18. The fraction of sp³-hybridized carbons (Fsp3) is 0. The zero-order valence-corrected chi connectivity index (χ0v) is 10.6. The lowest BCUT2D eigenvalue weighted by Crippen LogP contribution is -2.01. The van der Waals surface area contributed by atoms with Crippen LogP contribution < -0.4 is 0 Å². The fourth-order valence-electron chi connectivity index (χ4n) is 1.93. The number of carbonyl (C=O) groups excluding carboxylic acids is 1. The Bertz CT molecular complexity index is 764. The van der Waals surface area contributed by atoms with Gasteiger partial charge in [0, 0.05) is 11.1 Å². The Morgan fingerprint density at radius 3 is 2.28 bits per heavy atom. The van der Waals surface area contributed by atoms with E-state index in [4.69, 9.17) is 11.6 Å². The summed E-state index contributed by atoms with van der Waals surface area (Å²) in [5.74, 6) is -0.301. The van der Waals surface area contributed by atoms with Crippen LogP contribution in [0.4, 0.5) is 0 Å². The molecule has 3 nitrogen and oxygen atoms in total. The van der Waals surface area contributed by atoms with E-state index in [0.29, 0.717) is 5.56 Å². The zero-order chi connectivity index (χ0) is 12.9. The van der Waals surface area contributed by atoms with Crippen molar-refractivity contribution in [3.05, 3.63) is 58.6 Å². The Morgan fingerprint density at radius 2 is 1.61 bits per heavy atom. The van der Waals surface area contributed by atoms with Crippen LogP contribution >= 0.6 is 11.6 Å². The molecule has 0 N–H and O–H groups in total. The Labute approximate surface area is 109 Å². The number of carbonyl (C=O) groups is 1. The van der Waals surface area contributed by atoms with Crippen molar-refractivity contribution in [2.24, 2.45) is 0 Å². The van der Waals surface area contributed by atoms with Gasteiger partial charge in [-0.15, -0.1) is 0 Å². The van der Waals surface area contributed by atoms with Crippen LogP contribution in [0, 0.1) is 0 Å². The van der Waals surface area contributed by atoms with E-state index >= 15 is 0 Å². The van der Waals surface area contributed by atoms with E-state index in [0.717, 1.165) is 0 Å². The van der Waals surface area contributed by atoms with E-state index in [1.165, 1.54) is 12.1 Å². The Hall–Kier alpha value is -1.65. The minimum atomic E-state index is -3.44. The molecule has 0 saturated carbocycles. The molecule has 0 saturated heterocycles. The molecule has 2 aromatic rings. The first-order valence-corrected chi connectivity index (χ1v) is 7.07. The maximum absolute atomic E-state index is 12.2. The molecule has 18 heavy (non-hydrogen) atoms. The third kappa shape index (κ3) is 1.50. The van der Waals surface area contributed by atoms with Gasteiger partial charge < -0.3 is 0 Å². The summed E-state index contributed by atoms with van der Waals surface area (Å²) in [5, 5.41) is 0.176. The maximum Gasteiger partial charge on any atom is 0.211 e. The predicted molar refractivity (Wildman–Crippen MR) is 66.8 cm³/mol. The molecule has 3 rings (SSSR count). The number of hydrogen-bond donors (Lipinski definition) is 0. The lowest BCUT2D eigenvalue weighted by molar-refractivity contribution is 0.103. The van der Waals surface area contributed by atoms with Crippen molar-refractivity contribution in [2.45, 2.75) is 9.79 Å². The van der Waals surface area contributed by atoms with Crippen LogP contribution in [0.2, 0.25) is 5.02 Å². The molecule has 0 atom stereocenters. The van der Waals surface area contributed by atoms with Gasteiger partial charge in [0.25, 0.3) is 0 Å². The van der Waals surface area contributed by atoms with Crippen molar-refractivity contribution >= 4 is 27.2 Å². The van der Waals surface area contributed by atoms with Crippen LogP contribution in [-0.4, -0.2) is 14.2 Å². The van der Waals surface area contributed by atoms with Crippen LogP contribution in [0.1, 0.15) is 15.9 Å². The predicted octanol–water partition coefficient (Wildman–Crippen LogP) is 2.72. The number of fused-ring (bicyclic) bond motifs is 1.